The van der Waals surface area contributed by atoms with Crippen molar-refractivity contribution in [2.45, 2.75) is 367 Å². The summed E-state index contributed by atoms with van der Waals surface area (Å²) in [4.78, 5) is 38.1. The number of ether oxygens (including phenoxy) is 3. The van der Waals surface area contributed by atoms with Gasteiger partial charge in [0.1, 0.15) is 13.2 Å². The smallest absolute Gasteiger partial charge is 0.306 e. The minimum Gasteiger partial charge on any atom is -0.462 e. The van der Waals surface area contributed by atoms with Crippen molar-refractivity contribution in [1.82, 2.24) is 0 Å². The Morgan fingerprint density at radius 3 is 0.816 bits per heavy atom. The van der Waals surface area contributed by atoms with Crippen LogP contribution in [0.1, 0.15) is 361 Å². The summed E-state index contributed by atoms with van der Waals surface area (Å²) in [6.45, 7) is 6.53. The topological polar surface area (TPSA) is 78.9 Å². The monoisotopic (exact) mass is 1060 g/mol. The lowest BCUT2D eigenvalue weighted by molar-refractivity contribution is -0.167. The van der Waals surface area contributed by atoms with Gasteiger partial charge in [0.2, 0.25) is 0 Å². The van der Waals surface area contributed by atoms with Gasteiger partial charge < -0.3 is 14.2 Å². The zero-order chi connectivity index (χ0) is 55.0. The Bertz CT molecular complexity index is 1310. The van der Waals surface area contributed by atoms with Gasteiger partial charge in [-0.15, -0.1) is 0 Å². The molecule has 0 spiro atoms. The van der Waals surface area contributed by atoms with Crippen LogP contribution in [-0.4, -0.2) is 37.2 Å². The SMILES string of the molecule is CC/C=C\C/C=C\C/C=C\CCCCCCCC(=O)OC(COC(=O)CCCCCCCCCC)COC(=O)CCCCCCCCCCCCCCCCCCCCCCCCC/C=C\CCCCCCCCCC. The third kappa shape index (κ3) is 62.2. The Hall–Kier alpha value is -2.63. The molecule has 0 bridgehead atoms. The van der Waals surface area contributed by atoms with Gasteiger partial charge in [-0.1, -0.05) is 313 Å². The molecule has 0 aliphatic heterocycles. The molecule has 0 heterocycles. The second kappa shape index (κ2) is 64.9. The molecule has 76 heavy (non-hydrogen) atoms. The van der Waals surface area contributed by atoms with E-state index in [1.807, 2.05) is 0 Å². The molecule has 0 aromatic carbocycles. The molecule has 0 fully saturated rings. The van der Waals surface area contributed by atoms with Crippen molar-refractivity contribution in [3.63, 3.8) is 0 Å². The van der Waals surface area contributed by atoms with Crippen LogP contribution in [0.4, 0.5) is 0 Å². The number of hydrogen-bond acceptors (Lipinski definition) is 6. The summed E-state index contributed by atoms with van der Waals surface area (Å²) >= 11 is 0. The first-order valence-electron chi connectivity index (χ1n) is 33.6. The van der Waals surface area contributed by atoms with Gasteiger partial charge in [0.25, 0.3) is 0 Å². The summed E-state index contributed by atoms with van der Waals surface area (Å²) in [5.74, 6) is -0.880. The van der Waals surface area contributed by atoms with Crippen LogP contribution in [0.5, 0.6) is 0 Å². The zero-order valence-electron chi connectivity index (χ0n) is 51.0. The van der Waals surface area contributed by atoms with Crippen molar-refractivity contribution in [2.24, 2.45) is 0 Å². The highest BCUT2D eigenvalue weighted by Crippen LogP contribution is 2.18. The van der Waals surface area contributed by atoms with Crippen LogP contribution in [0.3, 0.4) is 0 Å². The van der Waals surface area contributed by atoms with Crippen LogP contribution in [0.15, 0.2) is 48.6 Å². The standard InChI is InChI=1S/C70H128O6/c1-4-7-10-13-16-19-21-23-25-26-27-28-29-30-31-32-33-34-35-36-37-38-39-40-41-42-43-44-46-47-49-51-54-57-60-63-69(72)75-66-67(65-74-68(71)62-59-56-53-18-15-12-9-6-3)76-70(73)64-61-58-55-52-50-48-45-24-22-20-17-14-11-8-5-2/h8,11,17,20,24,26-27,45,67H,4-7,9-10,12-16,18-19,21-23,25,28-44,46-66H2,1-3H3/b11-8-,20-17-,27-26-,45-24-. The number of esters is 3. The van der Waals surface area contributed by atoms with Crippen LogP contribution < -0.4 is 0 Å². The van der Waals surface area contributed by atoms with Crippen molar-refractivity contribution in [3.05, 3.63) is 48.6 Å². The number of rotatable bonds is 62. The maximum absolute atomic E-state index is 12.8. The fourth-order valence-corrected chi connectivity index (χ4v) is 10.0. The molecule has 0 aromatic heterocycles. The number of unbranched alkanes of at least 4 members (excludes halogenated alkanes) is 43. The van der Waals surface area contributed by atoms with Gasteiger partial charge in [0, 0.05) is 19.3 Å². The molecule has 0 saturated heterocycles. The number of carbonyl (C=O) groups is 3. The lowest BCUT2D eigenvalue weighted by Gasteiger charge is -2.18. The Labute approximate surface area is 473 Å². The lowest BCUT2D eigenvalue weighted by Crippen LogP contribution is -2.30. The molecule has 0 rings (SSSR count). The van der Waals surface area contributed by atoms with E-state index in [1.165, 1.54) is 225 Å². The third-order valence-corrected chi connectivity index (χ3v) is 15.1. The van der Waals surface area contributed by atoms with Crippen molar-refractivity contribution in [1.29, 1.82) is 0 Å². The highest BCUT2D eigenvalue weighted by Gasteiger charge is 2.19. The third-order valence-electron chi connectivity index (χ3n) is 15.1. The number of carbonyl (C=O) groups excluding carboxylic acids is 3. The van der Waals surface area contributed by atoms with Gasteiger partial charge in [-0.25, -0.2) is 0 Å². The zero-order valence-corrected chi connectivity index (χ0v) is 51.0. The summed E-state index contributed by atoms with van der Waals surface area (Å²) in [5.41, 5.74) is 0. The number of hydrogen-bond donors (Lipinski definition) is 0. The molecular weight excluding hydrogens is 937 g/mol. The molecule has 0 aliphatic rings. The quantitative estimate of drug-likeness (QED) is 0.0261. The largest absolute Gasteiger partial charge is 0.462 e. The van der Waals surface area contributed by atoms with E-state index >= 15 is 0 Å². The van der Waals surface area contributed by atoms with E-state index in [1.54, 1.807) is 0 Å². The fraction of sp³-hybridized carbons (Fsp3) is 0.843. The van der Waals surface area contributed by atoms with Crippen molar-refractivity contribution in [2.75, 3.05) is 13.2 Å². The predicted octanol–water partition coefficient (Wildman–Crippen LogP) is 22.9. The van der Waals surface area contributed by atoms with E-state index in [0.717, 1.165) is 96.3 Å². The molecular formula is C70H128O6. The molecule has 0 radical (unpaired) electrons. The summed E-state index contributed by atoms with van der Waals surface area (Å²) < 4.78 is 16.8. The molecule has 444 valence electrons. The summed E-state index contributed by atoms with van der Waals surface area (Å²) in [5, 5.41) is 0. The van der Waals surface area contributed by atoms with Crippen molar-refractivity contribution in [3.8, 4) is 0 Å². The Balaban J connectivity index is 3.94. The normalized spacial score (nSPS) is 12.3. The van der Waals surface area contributed by atoms with Crippen molar-refractivity contribution >= 4 is 17.9 Å². The van der Waals surface area contributed by atoms with E-state index < -0.39 is 6.10 Å². The maximum Gasteiger partial charge on any atom is 0.306 e. The van der Waals surface area contributed by atoms with E-state index in [0.29, 0.717) is 19.3 Å². The van der Waals surface area contributed by atoms with E-state index in [-0.39, 0.29) is 31.1 Å². The van der Waals surface area contributed by atoms with Crippen LogP contribution in [0.25, 0.3) is 0 Å². The minimum absolute atomic E-state index is 0.0760. The van der Waals surface area contributed by atoms with E-state index in [2.05, 4.69) is 69.4 Å². The summed E-state index contributed by atoms with van der Waals surface area (Å²) in [6.07, 6.45) is 81.8. The first kappa shape index (κ1) is 73.4. The average molecular weight is 1070 g/mol. The van der Waals surface area contributed by atoms with Crippen LogP contribution in [0.2, 0.25) is 0 Å². The summed E-state index contributed by atoms with van der Waals surface area (Å²) in [6, 6.07) is 0. The fourth-order valence-electron chi connectivity index (χ4n) is 10.0. The van der Waals surface area contributed by atoms with E-state index in [4.69, 9.17) is 14.2 Å². The van der Waals surface area contributed by atoms with Gasteiger partial charge in [0.15, 0.2) is 6.10 Å². The molecule has 0 aliphatic carbocycles. The van der Waals surface area contributed by atoms with Crippen molar-refractivity contribution < 1.29 is 28.6 Å². The van der Waals surface area contributed by atoms with Gasteiger partial charge >= 0.3 is 17.9 Å². The van der Waals surface area contributed by atoms with Gasteiger partial charge in [-0.2, -0.15) is 0 Å². The molecule has 6 nitrogen and oxygen atoms in total. The molecule has 1 unspecified atom stereocenters. The Morgan fingerprint density at radius 2 is 0.513 bits per heavy atom. The van der Waals surface area contributed by atoms with E-state index in [9.17, 15) is 14.4 Å². The highest BCUT2D eigenvalue weighted by molar-refractivity contribution is 5.71. The molecule has 0 saturated carbocycles. The van der Waals surface area contributed by atoms with Crippen LogP contribution in [-0.2, 0) is 28.6 Å². The molecule has 0 N–H and O–H groups in total. The first-order chi connectivity index (χ1) is 37.5. The number of allylic oxidation sites excluding steroid dienone is 8. The average Bonchev–Trinajstić information content (AvgIpc) is 3.42. The first-order valence-corrected chi connectivity index (χ1v) is 33.6. The van der Waals surface area contributed by atoms with Gasteiger partial charge in [-0.3, -0.25) is 14.4 Å². The second-order valence-electron chi connectivity index (χ2n) is 22.7. The molecule has 0 aromatic rings. The minimum atomic E-state index is -0.778. The molecule has 0 amide bonds. The maximum atomic E-state index is 12.8. The van der Waals surface area contributed by atoms with Gasteiger partial charge in [0.05, 0.1) is 0 Å². The van der Waals surface area contributed by atoms with Gasteiger partial charge in [-0.05, 0) is 77.0 Å². The molecule has 6 heteroatoms. The Kier molecular flexibility index (Phi) is 62.6. The van der Waals surface area contributed by atoms with Crippen LogP contribution in [0, 0.1) is 0 Å². The highest BCUT2D eigenvalue weighted by atomic mass is 16.6. The second-order valence-corrected chi connectivity index (χ2v) is 22.7. The molecule has 1 atom stereocenters. The van der Waals surface area contributed by atoms with Crippen LogP contribution >= 0.6 is 0 Å². The summed E-state index contributed by atoms with van der Waals surface area (Å²) in [7, 11) is 0. The Morgan fingerprint density at radius 1 is 0.276 bits per heavy atom. The lowest BCUT2D eigenvalue weighted by atomic mass is 10.0. The predicted molar refractivity (Wildman–Crippen MR) is 330 cm³/mol.